The predicted octanol–water partition coefficient (Wildman–Crippen LogP) is 5.13. The Morgan fingerprint density at radius 2 is 1.77 bits per heavy atom. The standard InChI is InChI=1S/C23H17FN2O5/c1-13-5-6-14(18-7-8-19(30-18)22(25)27)11-17(13)26-23(28)20-9-10-21(31-20)29-16-4-2-3-15(24)12-16/h2-12H,1H3,(H2,25,27)(H,26,28). The Kier molecular flexibility index (Phi) is 5.28. The highest BCUT2D eigenvalue weighted by Gasteiger charge is 2.15. The van der Waals surface area contributed by atoms with Crippen LogP contribution in [0, 0.1) is 12.7 Å². The molecule has 0 aliphatic rings. The second-order valence-electron chi connectivity index (χ2n) is 6.69. The van der Waals surface area contributed by atoms with Crippen molar-refractivity contribution in [2.75, 3.05) is 5.32 Å². The maximum atomic E-state index is 13.3. The summed E-state index contributed by atoms with van der Waals surface area (Å²) in [5.41, 5.74) is 7.21. The lowest BCUT2D eigenvalue weighted by Gasteiger charge is -2.09. The Balaban J connectivity index is 1.50. The lowest BCUT2D eigenvalue weighted by Crippen LogP contribution is -2.11. The molecule has 31 heavy (non-hydrogen) atoms. The SMILES string of the molecule is Cc1ccc(-c2ccc(C(N)=O)o2)cc1NC(=O)c1ccc(Oc2cccc(F)c2)o1. The maximum absolute atomic E-state index is 13.3. The van der Waals surface area contributed by atoms with Crippen molar-refractivity contribution in [3.63, 3.8) is 0 Å². The largest absolute Gasteiger partial charge is 0.451 e. The summed E-state index contributed by atoms with van der Waals surface area (Å²) in [6.07, 6.45) is 0. The van der Waals surface area contributed by atoms with Crippen LogP contribution in [-0.4, -0.2) is 11.8 Å². The summed E-state index contributed by atoms with van der Waals surface area (Å²) in [5, 5.41) is 2.77. The van der Waals surface area contributed by atoms with Gasteiger partial charge < -0.3 is 24.6 Å². The van der Waals surface area contributed by atoms with E-state index < -0.39 is 17.6 Å². The molecule has 0 bridgehead atoms. The van der Waals surface area contributed by atoms with E-state index in [4.69, 9.17) is 19.3 Å². The molecule has 0 unspecified atom stereocenters. The minimum Gasteiger partial charge on any atom is -0.451 e. The molecule has 0 spiro atoms. The van der Waals surface area contributed by atoms with E-state index in [2.05, 4.69) is 5.32 Å². The van der Waals surface area contributed by atoms with Crippen LogP contribution in [0.15, 0.2) is 75.6 Å². The van der Waals surface area contributed by atoms with Crippen molar-refractivity contribution < 1.29 is 27.6 Å². The normalized spacial score (nSPS) is 10.6. The molecule has 2 aromatic heterocycles. The van der Waals surface area contributed by atoms with E-state index in [1.807, 2.05) is 6.92 Å². The molecule has 0 atom stereocenters. The molecule has 4 aromatic rings. The number of nitrogens with two attached hydrogens (primary N) is 1. The number of benzene rings is 2. The minimum atomic E-state index is -0.666. The maximum Gasteiger partial charge on any atom is 0.291 e. The van der Waals surface area contributed by atoms with Crippen LogP contribution in [0.3, 0.4) is 0 Å². The number of ether oxygens (including phenoxy) is 1. The topological polar surface area (TPSA) is 108 Å². The number of aryl methyl sites for hydroxylation is 1. The molecule has 0 aliphatic carbocycles. The molecule has 3 N–H and O–H groups in total. The van der Waals surface area contributed by atoms with Gasteiger partial charge in [0, 0.05) is 23.4 Å². The summed E-state index contributed by atoms with van der Waals surface area (Å²) in [6, 6.07) is 16.9. The zero-order valence-corrected chi connectivity index (χ0v) is 16.3. The van der Waals surface area contributed by atoms with Crippen molar-refractivity contribution in [1.82, 2.24) is 0 Å². The Morgan fingerprint density at radius 1 is 0.968 bits per heavy atom. The van der Waals surface area contributed by atoms with Gasteiger partial charge in [-0.1, -0.05) is 18.2 Å². The van der Waals surface area contributed by atoms with E-state index in [-0.39, 0.29) is 23.2 Å². The van der Waals surface area contributed by atoms with E-state index in [9.17, 15) is 14.0 Å². The van der Waals surface area contributed by atoms with Crippen LogP contribution < -0.4 is 15.8 Å². The van der Waals surface area contributed by atoms with Crippen LogP contribution in [0.1, 0.15) is 26.7 Å². The number of furan rings is 2. The molecule has 2 aromatic carbocycles. The fourth-order valence-corrected chi connectivity index (χ4v) is 2.86. The van der Waals surface area contributed by atoms with Crippen LogP contribution in [0.2, 0.25) is 0 Å². The van der Waals surface area contributed by atoms with Gasteiger partial charge in [0.25, 0.3) is 17.8 Å². The Morgan fingerprint density at radius 3 is 2.52 bits per heavy atom. The molecule has 0 radical (unpaired) electrons. The number of halogens is 1. The zero-order chi connectivity index (χ0) is 22.0. The molecule has 8 heteroatoms. The predicted molar refractivity (Wildman–Crippen MR) is 111 cm³/mol. The third-order valence-electron chi connectivity index (χ3n) is 4.44. The molecule has 0 aliphatic heterocycles. The molecule has 0 saturated heterocycles. The highest BCUT2D eigenvalue weighted by atomic mass is 19.1. The van der Waals surface area contributed by atoms with Crippen molar-refractivity contribution in [2.45, 2.75) is 6.92 Å². The fourth-order valence-electron chi connectivity index (χ4n) is 2.86. The number of rotatable bonds is 6. The number of carbonyl (C=O) groups excluding carboxylic acids is 2. The van der Waals surface area contributed by atoms with Crippen LogP contribution in [0.25, 0.3) is 11.3 Å². The number of carbonyl (C=O) groups is 2. The van der Waals surface area contributed by atoms with E-state index in [0.717, 1.165) is 5.56 Å². The van der Waals surface area contributed by atoms with Crippen LogP contribution in [0.5, 0.6) is 11.7 Å². The van der Waals surface area contributed by atoms with Gasteiger partial charge in [-0.05, 0) is 48.9 Å². The summed E-state index contributed by atoms with van der Waals surface area (Å²) in [5.74, 6) is -0.806. The van der Waals surface area contributed by atoms with Crippen LogP contribution in [-0.2, 0) is 0 Å². The number of hydrogen-bond donors (Lipinski definition) is 2. The summed E-state index contributed by atoms with van der Waals surface area (Å²) >= 11 is 0. The highest BCUT2D eigenvalue weighted by Crippen LogP contribution is 2.28. The average Bonchev–Trinajstić information content (AvgIpc) is 3.40. The zero-order valence-electron chi connectivity index (χ0n) is 16.3. The highest BCUT2D eigenvalue weighted by molar-refractivity contribution is 6.03. The second-order valence-corrected chi connectivity index (χ2v) is 6.69. The average molecular weight is 420 g/mol. The van der Waals surface area contributed by atoms with Crippen molar-refractivity contribution in [1.29, 1.82) is 0 Å². The number of primary amides is 1. The van der Waals surface area contributed by atoms with Crippen molar-refractivity contribution in [3.8, 4) is 23.0 Å². The van der Waals surface area contributed by atoms with Gasteiger partial charge >= 0.3 is 0 Å². The van der Waals surface area contributed by atoms with Crippen molar-refractivity contribution in [3.05, 3.63) is 89.6 Å². The van der Waals surface area contributed by atoms with Crippen molar-refractivity contribution >= 4 is 17.5 Å². The van der Waals surface area contributed by atoms with E-state index in [1.165, 1.54) is 36.4 Å². The van der Waals surface area contributed by atoms with Crippen LogP contribution in [0.4, 0.5) is 10.1 Å². The first-order valence-electron chi connectivity index (χ1n) is 9.24. The Hall–Kier alpha value is -4.33. The minimum absolute atomic E-state index is 0.0187. The van der Waals surface area contributed by atoms with E-state index in [0.29, 0.717) is 17.0 Å². The first-order valence-corrected chi connectivity index (χ1v) is 9.24. The van der Waals surface area contributed by atoms with E-state index in [1.54, 1.807) is 30.3 Å². The van der Waals surface area contributed by atoms with Gasteiger partial charge in [-0.25, -0.2) is 4.39 Å². The summed E-state index contributed by atoms with van der Waals surface area (Å²) in [4.78, 5) is 23.9. The molecule has 7 nitrogen and oxygen atoms in total. The van der Waals surface area contributed by atoms with Gasteiger partial charge in [-0.3, -0.25) is 9.59 Å². The molecule has 0 fully saturated rings. The van der Waals surface area contributed by atoms with Crippen LogP contribution >= 0.6 is 0 Å². The first kappa shape index (κ1) is 20.0. The number of hydrogen-bond acceptors (Lipinski definition) is 5. The molecule has 2 amide bonds. The third kappa shape index (κ3) is 4.48. The van der Waals surface area contributed by atoms with Gasteiger partial charge in [-0.2, -0.15) is 0 Å². The molecule has 2 heterocycles. The lowest BCUT2D eigenvalue weighted by atomic mass is 10.1. The first-order chi connectivity index (χ1) is 14.9. The van der Waals surface area contributed by atoms with Gasteiger partial charge in [0.2, 0.25) is 0 Å². The Labute approximate surface area is 176 Å². The monoisotopic (exact) mass is 420 g/mol. The molecule has 4 rings (SSSR count). The van der Waals surface area contributed by atoms with Crippen molar-refractivity contribution in [2.24, 2.45) is 5.73 Å². The molecule has 156 valence electrons. The number of anilines is 1. The number of amides is 2. The van der Waals surface area contributed by atoms with Gasteiger partial charge in [0.05, 0.1) is 0 Å². The fraction of sp³-hybridized carbons (Fsp3) is 0.0435. The van der Waals surface area contributed by atoms with E-state index >= 15 is 0 Å². The van der Waals surface area contributed by atoms with Gasteiger partial charge in [-0.15, -0.1) is 0 Å². The lowest BCUT2D eigenvalue weighted by molar-refractivity contribution is 0.0972. The summed E-state index contributed by atoms with van der Waals surface area (Å²) in [6.45, 7) is 1.83. The smallest absolute Gasteiger partial charge is 0.291 e. The molecular formula is C23H17FN2O5. The summed E-state index contributed by atoms with van der Waals surface area (Å²) in [7, 11) is 0. The third-order valence-corrected chi connectivity index (χ3v) is 4.44. The Bertz CT molecular complexity index is 1270. The molecule has 0 saturated carbocycles. The number of nitrogens with one attached hydrogen (secondary N) is 1. The van der Waals surface area contributed by atoms with Gasteiger partial charge in [0.1, 0.15) is 17.3 Å². The quantitative estimate of drug-likeness (QED) is 0.450. The summed E-state index contributed by atoms with van der Waals surface area (Å²) < 4.78 is 29.6. The molecular weight excluding hydrogens is 403 g/mol. The van der Waals surface area contributed by atoms with Gasteiger partial charge in [0.15, 0.2) is 11.5 Å². The second kappa shape index (κ2) is 8.19.